The number of hydrogen-bond acceptors (Lipinski definition) is 3. The van der Waals surface area contributed by atoms with Gasteiger partial charge in [0.05, 0.1) is 12.2 Å². The lowest BCUT2D eigenvalue weighted by Crippen LogP contribution is -2.87. The summed E-state index contributed by atoms with van der Waals surface area (Å²) in [6.45, 7) is 3.54. The number of aromatic amines is 2. The smallest absolute Gasteiger partial charge is 0.265 e. The van der Waals surface area contributed by atoms with Gasteiger partial charge in [-0.2, -0.15) is 0 Å². The van der Waals surface area contributed by atoms with E-state index in [9.17, 15) is 9.90 Å². The van der Waals surface area contributed by atoms with Crippen LogP contribution < -0.4 is 10.9 Å². The van der Waals surface area contributed by atoms with Gasteiger partial charge in [0, 0.05) is 23.9 Å². The van der Waals surface area contributed by atoms with Gasteiger partial charge in [0.1, 0.15) is 5.56 Å². The van der Waals surface area contributed by atoms with Gasteiger partial charge in [-0.3, -0.25) is 14.3 Å². The average molecular weight is 371 g/mol. The van der Waals surface area contributed by atoms with Gasteiger partial charge in [-0.05, 0) is 30.3 Å². The molecule has 1 aliphatic rings. The Bertz CT molecular complexity index is 1080. The van der Waals surface area contributed by atoms with Crippen molar-refractivity contribution in [1.82, 2.24) is 14.5 Å². The highest BCUT2D eigenvalue weighted by Crippen LogP contribution is 2.32. The van der Waals surface area contributed by atoms with E-state index in [4.69, 9.17) is 12.2 Å². The molecule has 0 unspecified atom stereocenters. The SMILES string of the molecule is CCCCn1c(O)c([C@H]2[NH2+]CCc3c2[nH]c2ccccc32)c(=O)[nH]c1=S. The number of nitrogens with zero attached hydrogens (tertiary/aromatic N) is 1. The first kappa shape index (κ1) is 17.1. The van der Waals surface area contributed by atoms with Gasteiger partial charge in [0.2, 0.25) is 5.88 Å². The van der Waals surface area contributed by atoms with Crippen LogP contribution in [0, 0.1) is 4.77 Å². The van der Waals surface area contributed by atoms with Gasteiger partial charge in [0.15, 0.2) is 10.8 Å². The quantitative estimate of drug-likeness (QED) is 0.530. The molecule has 26 heavy (non-hydrogen) atoms. The van der Waals surface area contributed by atoms with Crippen LogP contribution in [0.15, 0.2) is 29.1 Å². The third-order valence-electron chi connectivity index (χ3n) is 5.21. The first-order valence-corrected chi connectivity index (χ1v) is 9.51. The van der Waals surface area contributed by atoms with Crippen LogP contribution in [-0.2, 0) is 13.0 Å². The highest BCUT2D eigenvalue weighted by Gasteiger charge is 2.33. The number of H-pyrrole nitrogens is 2. The lowest BCUT2D eigenvalue weighted by atomic mass is 9.95. The molecule has 1 aliphatic heterocycles. The maximum absolute atomic E-state index is 12.7. The normalized spacial score (nSPS) is 16.7. The maximum Gasteiger partial charge on any atom is 0.265 e. The third-order valence-corrected chi connectivity index (χ3v) is 5.53. The van der Waals surface area contributed by atoms with Crippen molar-refractivity contribution in [2.75, 3.05) is 6.54 Å². The number of aromatic hydroxyl groups is 1. The monoisotopic (exact) mass is 371 g/mol. The third kappa shape index (κ3) is 2.68. The van der Waals surface area contributed by atoms with Gasteiger partial charge in [-0.15, -0.1) is 0 Å². The maximum atomic E-state index is 12.7. The molecule has 0 saturated heterocycles. The summed E-state index contributed by atoms with van der Waals surface area (Å²) in [6.07, 6.45) is 2.81. The molecule has 136 valence electrons. The zero-order chi connectivity index (χ0) is 18.3. The number of quaternary nitrogens is 1. The molecule has 0 spiro atoms. The molecule has 3 heterocycles. The number of para-hydroxylation sites is 1. The van der Waals surface area contributed by atoms with Crippen LogP contribution in [0.3, 0.4) is 0 Å². The van der Waals surface area contributed by atoms with Crippen molar-refractivity contribution in [3.05, 3.63) is 56.2 Å². The van der Waals surface area contributed by atoms with Crippen LogP contribution in [0.25, 0.3) is 10.9 Å². The molecule has 2 aromatic heterocycles. The molecule has 1 aromatic carbocycles. The fraction of sp³-hybridized carbons (Fsp3) is 0.368. The first-order valence-electron chi connectivity index (χ1n) is 9.10. The highest BCUT2D eigenvalue weighted by molar-refractivity contribution is 7.71. The van der Waals surface area contributed by atoms with E-state index in [1.165, 1.54) is 10.9 Å². The van der Waals surface area contributed by atoms with Crippen molar-refractivity contribution in [3.8, 4) is 5.88 Å². The molecule has 7 heteroatoms. The Balaban J connectivity index is 1.90. The van der Waals surface area contributed by atoms with Crippen LogP contribution in [0.2, 0.25) is 0 Å². The van der Waals surface area contributed by atoms with Crippen LogP contribution in [0.4, 0.5) is 0 Å². The Morgan fingerprint density at radius 2 is 2.15 bits per heavy atom. The Morgan fingerprint density at radius 3 is 2.96 bits per heavy atom. The minimum Gasteiger partial charge on any atom is -0.494 e. The van der Waals surface area contributed by atoms with E-state index in [-0.39, 0.29) is 22.3 Å². The molecule has 0 radical (unpaired) electrons. The van der Waals surface area contributed by atoms with Gasteiger partial charge < -0.3 is 15.4 Å². The highest BCUT2D eigenvalue weighted by atomic mass is 32.1. The number of benzene rings is 1. The zero-order valence-electron chi connectivity index (χ0n) is 14.7. The van der Waals surface area contributed by atoms with E-state index in [2.05, 4.69) is 28.3 Å². The molecule has 6 nitrogen and oxygen atoms in total. The van der Waals surface area contributed by atoms with E-state index in [0.717, 1.165) is 37.0 Å². The van der Waals surface area contributed by atoms with Gasteiger partial charge >= 0.3 is 0 Å². The molecule has 0 aliphatic carbocycles. The molecule has 4 rings (SSSR count). The average Bonchev–Trinajstić information content (AvgIpc) is 3.01. The molecular formula is C19H23N4O2S+. The van der Waals surface area contributed by atoms with E-state index < -0.39 is 0 Å². The fourth-order valence-corrected chi connectivity index (χ4v) is 4.18. The van der Waals surface area contributed by atoms with Crippen molar-refractivity contribution in [3.63, 3.8) is 0 Å². The summed E-state index contributed by atoms with van der Waals surface area (Å²) in [5, 5.41) is 14.2. The van der Waals surface area contributed by atoms with E-state index >= 15 is 0 Å². The van der Waals surface area contributed by atoms with Crippen LogP contribution >= 0.6 is 12.2 Å². The molecule has 1 atom stereocenters. The van der Waals surface area contributed by atoms with E-state index in [1.807, 2.05) is 18.2 Å². The van der Waals surface area contributed by atoms with Gasteiger partial charge in [0.25, 0.3) is 5.56 Å². The molecular weight excluding hydrogens is 348 g/mol. The summed E-state index contributed by atoms with van der Waals surface area (Å²) < 4.78 is 1.91. The largest absolute Gasteiger partial charge is 0.494 e. The number of rotatable bonds is 4. The van der Waals surface area contributed by atoms with Crippen molar-refractivity contribution in [2.45, 2.75) is 38.8 Å². The lowest BCUT2D eigenvalue weighted by molar-refractivity contribution is -0.690. The minimum atomic E-state index is -0.312. The van der Waals surface area contributed by atoms with Crippen LogP contribution in [0.1, 0.15) is 42.6 Å². The Kier molecular flexibility index (Phi) is 4.42. The molecule has 0 fully saturated rings. The Morgan fingerprint density at radius 1 is 1.35 bits per heavy atom. The summed E-state index contributed by atoms with van der Waals surface area (Å²) in [5.74, 6) is -0.0139. The topological polar surface area (TPSA) is 90.4 Å². The lowest BCUT2D eigenvalue weighted by Gasteiger charge is -2.22. The second-order valence-electron chi connectivity index (χ2n) is 6.82. The summed E-state index contributed by atoms with van der Waals surface area (Å²) in [7, 11) is 0. The molecule has 0 amide bonds. The summed E-state index contributed by atoms with van der Waals surface area (Å²) >= 11 is 5.26. The molecule has 0 saturated carbocycles. The molecule has 0 bridgehead atoms. The van der Waals surface area contributed by atoms with E-state index in [1.54, 1.807) is 4.57 Å². The number of hydrogen-bond donors (Lipinski definition) is 4. The van der Waals surface area contributed by atoms with Crippen molar-refractivity contribution in [1.29, 1.82) is 0 Å². The zero-order valence-corrected chi connectivity index (χ0v) is 15.5. The van der Waals surface area contributed by atoms with Crippen LogP contribution in [0.5, 0.6) is 5.88 Å². The Labute approximate surface area is 155 Å². The summed E-state index contributed by atoms with van der Waals surface area (Å²) in [4.78, 5) is 18.9. The Hall–Kier alpha value is -2.38. The predicted molar refractivity (Wildman–Crippen MR) is 103 cm³/mol. The van der Waals surface area contributed by atoms with Crippen molar-refractivity contribution < 1.29 is 10.4 Å². The fourth-order valence-electron chi connectivity index (χ4n) is 3.91. The van der Waals surface area contributed by atoms with Gasteiger partial charge in [-0.25, -0.2) is 0 Å². The standard InChI is InChI=1S/C19H22N4O2S/c1-2-3-10-23-18(25)14(17(24)22-19(23)26)16-15-12(8-9-20-16)11-6-4-5-7-13(11)21-15/h4-7,16,20-21,25H,2-3,8-10H2,1H3,(H,22,24,26)/p+1/t16-/m1/s1. The number of fused-ring (bicyclic) bond motifs is 3. The van der Waals surface area contributed by atoms with E-state index in [0.29, 0.717) is 12.1 Å². The van der Waals surface area contributed by atoms with Crippen LogP contribution in [-0.4, -0.2) is 26.2 Å². The van der Waals surface area contributed by atoms with Crippen molar-refractivity contribution >= 4 is 23.1 Å². The van der Waals surface area contributed by atoms with Gasteiger partial charge in [-0.1, -0.05) is 31.5 Å². The second kappa shape index (κ2) is 6.74. The number of nitrogens with one attached hydrogen (secondary N) is 2. The number of nitrogens with two attached hydrogens (primary N) is 1. The number of unbranched alkanes of at least 4 members (excludes halogenated alkanes) is 1. The minimum absolute atomic E-state index is 0.0139. The molecule has 3 aromatic rings. The van der Waals surface area contributed by atoms with Crippen molar-refractivity contribution in [2.24, 2.45) is 0 Å². The molecule has 5 N–H and O–H groups in total. The number of aromatic nitrogens is 3. The first-order chi connectivity index (χ1) is 12.6. The summed E-state index contributed by atoms with van der Waals surface area (Å²) in [5.41, 5.74) is 3.36. The summed E-state index contributed by atoms with van der Waals surface area (Å²) in [6, 6.07) is 7.91. The second-order valence-corrected chi connectivity index (χ2v) is 7.20. The predicted octanol–water partition coefficient (Wildman–Crippen LogP) is 2.10.